The maximum atomic E-state index is 12.1. The second-order valence-electron chi connectivity index (χ2n) is 6.80. The van der Waals surface area contributed by atoms with Gasteiger partial charge in [-0.2, -0.15) is 0 Å². The number of amides is 1. The standard InChI is InChI=1S/C19H23NO8/c1-2-26-17(24)27-12-19(25)9-8-18(15(22)16(19)23)10-14(21)20(18)28-11-13-6-4-3-5-7-13/h3-9,15-16,22-23,25H,2,10-12H2,1H3/t15-,16+,18+,19-/m1/s1. The number of hydroxylamine groups is 2. The van der Waals surface area contributed by atoms with Crippen LogP contribution in [-0.4, -0.2) is 69.0 Å². The zero-order chi connectivity index (χ0) is 20.4. The Labute approximate surface area is 161 Å². The summed E-state index contributed by atoms with van der Waals surface area (Å²) in [5.74, 6) is -0.361. The molecule has 9 nitrogen and oxygen atoms in total. The van der Waals surface area contributed by atoms with Crippen LogP contribution in [0.1, 0.15) is 18.9 Å². The Bertz CT molecular complexity index is 754. The van der Waals surface area contributed by atoms with Crippen LogP contribution in [0.5, 0.6) is 0 Å². The smallest absolute Gasteiger partial charge is 0.435 e. The first-order valence-corrected chi connectivity index (χ1v) is 8.91. The minimum Gasteiger partial charge on any atom is -0.435 e. The fourth-order valence-electron chi connectivity index (χ4n) is 3.28. The van der Waals surface area contributed by atoms with Crippen LogP contribution < -0.4 is 0 Å². The molecule has 0 saturated carbocycles. The number of benzene rings is 1. The molecule has 0 unspecified atom stereocenters. The Morgan fingerprint density at radius 1 is 1.18 bits per heavy atom. The van der Waals surface area contributed by atoms with Gasteiger partial charge in [-0.1, -0.05) is 36.4 Å². The number of aliphatic hydroxyl groups is 3. The topological polar surface area (TPSA) is 126 Å². The van der Waals surface area contributed by atoms with Crippen LogP contribution in [0, 0.1) is 0 Å². The lowest BCUT2D eigenvalue weighted by atomic mass is 9.70. The predicted octanol–water partition coefficient (Wildman–Crippen LogP) is 0.285. The van der Waals surface area contributed by atoms with Gasteiger partial charge in [-0.15, -0.1) is 0 Å². The van der Waals surface area contributed by atoms with Crippen LogP contribution in [-0.2, 0) is 25.7 Å². The Morgan fingerprint density at radius 2 is 1.89 bits per heavy atom. The van der Waals surface area contributed by atoms with Gasteiger partial charge in [0, 0.05) is 0 Å². The van der Waals surface area contributed by atoms with Gasteiger partial charge in [0.15, 0.2) is 0 Å². The normalized spacial score (nSPS) is 31.6. The van der Waals surface area contributed by atoms with Crippen molar-refractivity contribution in [3.8, 4) is 0 Å². The number of hydrogen-bond donors (Lipinski definition) is 3. The second kappa shape index (κ2) is 7.88. The van der Waals surface area contributed by atoms with Gasteiger partial charge < -0.3 is 24.8 Å². The van der Waals surface area contributed by atoms with E-state index in [9.17, 15) is 24.9 Å². The van der Waals surface area contributed by atoms with E-state index >= 15 is 0 Å². The fourth-order valence-corrected chi connectivity index (χ4v) is 3.28. The van der Waals surface area contributed by atoms with Crippen molar-refractivity contribution in [1.82, 2.24) is 5.06 Å². The zero-order valence-corrected chi connectivity index (χ0v) is 15.4. The van der Waals surface area contributed by atoms with E-state index in [-0.39, 0.29) is 25.5 Å². The van der Waals surface area contributed by atoms with E-state index in [4.69, 9.17) is 9.57 Å². The zero-order valence-electron chi connectivity index (χ0n) is 15.4. The van der Waals surface area contributed by atoms with Crippen molar-refractivity contribution < 1.29 is 39.2 Å². The van der Waals surface area contributed by atoms with Crippen molar-refractivity contribution in [2.45, 2.75) is 43.3 Å². The second-order valence-corrected chi connectivity index (χ2v) is 6.80. The molecule has 1 fully saturated rings. The van der Waals surface area contributed by atoms with Crippen molar-refractivity contribution in [3.05, 3.63) is 48.0 Å². The molecule has 3 rings (SSSR count). The summed E-state index contributed by atoms with van der Waals surface area (Å²) in [7, 11) is 0. The number of nitrogens with zero attached hydrogens (tertiary/aromatic N) is 1. The van der Waals surface area contributed by atoms with Gasteiger partial charge in [0.05, 0.1) is 13.0 Å². The maximum absolute atomic E-state index is 12.1. The van der Waals surface area contributed by atoms with E-state index in [0.29, 0.717) is 0 Å². The molecule has 9 heteroatoms. The van der Waals surface area contributed by atoms with Crippen LogP contribution in [0.3, 0.4) is 0 Å². The van der Waals surface area contributed by atoms with E-state index in [1.54, 1.807) is 6.92 Å². The number of carbonyl (C=O) groups excluding carboxylic acids is 2. The van der Waals surface area contributed by atoms with Gasteiger partial charge in [-0.05, 0) is 18.6 Å². The van der Waals surface area contributed by atoms with Crippen molar-refractivity contribution in [2.24, 2.45) is 0 Å². The molecular formula is C19H23NO8. The monoisotopic (exact) mass is 393 g/mol. The third-order valence-electron chi connectivity index (χ3n) is 4.91. The quantitative estimate of drug-likeness (QED) is 0.358. The van der Waals surface area contributed by atoms with Crippen LogP contribution in [0.25, 0.3) is 0 Å². The average molecular weight is 393 g/mol. The Hall–Kier alpha value is -2.46. The Balaban J connectivity index is 1.71. The molecule has 1 spiro atoms. The first-order chi connectivity index (χ1) is 13.3. The van der Waals surface area contributed by atoms with E-state index in [1.807, 2.05) is 30.3 Å². The predicted molar refractivity (Wildman–Crippen MR) is 94.5 cm³/mol. The summed E-state index contributed by atoms with van der Waals surface area (Å²) in [5, 5.41) is 32.7. The molecule has 2 aliphatic rings. The molecule has 0 bridgehead atoms. The lowest BCUT2D eigenvalue weighted by Gasteiger charge is -2.55. The summed E-state index contributed by atoms with van der Waals surface area (Å²) in [6.45, 7) is 1.17. The highest BCUT2D eigenvalue weighted by atomic mass is 16.7. The lowest BCUT2D eigenvalue weighted by molar-refractivity contribution is -0.285. The highest BCUT2D eigenvalue weighted by molar-refractivity contribution is 5.85. The SMILES string of the molecule is CCOC(=O)OC[C@]1(O)C=C[C@]2(CC(=O)N2OCc2ccccc2)[C@H](O)[C@@H]1O. The van der Waals surface area contributed by atoms with Gasteiger partial charge in [-0.25, -0.2) is 9.86 Å². The number of carbonyl (C=O) groups is 2. The molecule has 1 aliphatic carbocycles. The molecule has 1 aromatic rings. The van der Waals surface area contributed by atoms with E-state index in [2.05, 4.69) is 4.74 Å². The molecular weight excluding hydrogens is 370 g/mol. The Morgan fingerprint density at radius 3 is 2.54 bits per heavy atom. The van der Waals surface area contributed by atoms with Crippen LogP contribution >= 0.6 is 0 Å². The maximum Gasteiger partial charge on any atom is 0.508 e. The molecule has 1 saturated heterocycles. The summed E-state index contributed by atoms with van der Waals surface area (Å²) in [4.78, 5) is 28.9. The number of rotatable bonds is 6. The van der Waals surface area contributed by atoms with Crippen LogP contribution in [0.2, 0.25) is 0 Å². The molecule has 1 aliphatic heterocycles. The van der Waals surface area contributed by atoms with E-state index in [1.165, 1.54) is 12.2 Å². The average Bonchev–Trinajstić information content (AvgIpc) is 2.68. The lowest BCUT2D eigenvalue weighted by Crippen LogP contribution is -2.74. The molecule has 0 radical (unpaired) electrons. The summed E-state index contributed by atoms with van der Waals surface area (Å²) in [6, 6.07) is 9.15. The first kappa shape index (κ1) is 20.3. The fraction of sp³-hybridized carbons (Fsp3) is 0.474. The van der Waals surface area contributed by atoms with E-state index < -0.39 is 36.1 Å². The summed E-state index contributed by atoms with van der Waals surface area (Å²) >= 11 is 0. The molecule has 0 aromatic heterocycles. The highest BCUT2D eigenvalue weighted by Gasteiger charge is 2.62. The van der Waals surface area contributed by atoms with Gasteiger partial charge in [-0.3, -0.25) is 9.63 Å². The van der Waals surface area contributed by atoms with Gasteiger partial charge in [0.2, 0.25) is 5.91 Å². The van der Waals surface area contributed by atoms with Crippen molar-refractivity contribution in [1.29, 1.82) is 0 Å². The van der Waals surface area contributed by atoms with Crippen molar-refractivity contribution in [3.63, 3.8) is 0 Å². The summed E-state index contributed by atoms with van der Waals surface area (Å²) in [6.07, 6.45) is -1.77. The minimum absolute atomic E-state index is 0.0919. The van der Waals surface area contributed by atoms with E-state index in [0.717, 1.165) is 10.6 Å². The Kier molecular flexibility index (Phi) is 5.71. The molecule has 4 atom stereocenters. The van der Waals surface area contributed by atoms with Crippen molar-refractivity contribution >= 4 is 12.1 Å². The summed E-state index contributed by atoms with van der Waals surface area (Å²) < 4.78 is 9.38. The minimum atomic E-state index is -2.03. The van der Waals surface area contributed by atoms with Crippen molar-refractivity contribution in [2.75, 3.05) is 13.2 Å². The third-order valence-corrected chi connectivity index (χ3v) is 4.91. The molecule has 1 amide bonds. The molecule has 152 valence electrons. The van der Waals surface area contributed by atoms with Gasteiger partial charge in [0.1, 0.15) is 36.6 Å². The number of β-lactam (4-membered cyclic amide) rings is 1. The largest absolute Gasteiger partial charge is 0.508 e. The molecule has 1 heterocycles. The number of ether oxygens (including phenoxy) is 2. The van der Waals surface area contributed by atoms with Gasteiger partial charge in [0.25, 0.3) is 0 Å². The van der Waals surface area contributed by atoms with Crippen LogP contribution in [0.4, 0.5) is 4.79 Å². The summed E-state index contributed by atoms with van der Waals surface area (Å²) in [5.41, 5.74) is -2.51. The first-order valence-electron chi connectivity index (χ1n) is 8.91. The highest BCUT2D eigenvalue weighted by Crippen LogP contribution is 2.43. The molecule has 28 heavy (non-hydrogen) atoms. The molecule has 1 aromatic carbocycles. The third kappa shape index (κ3) is 3.61. The molecule has 3 N–H and O–H groups in total. The number of aliphatic hydroxyl groups excluding tert-OH is 2. The number of hydrogen-bond acceptors (Lipinski definition) is 8. The van der Waals surface area contributed by atoms with Crippen LogP contribution in [0.15, 0.2) is 42.5 Å². The van der Waals surface area contributed by atoms with Gasteiger partial charge >= 0.3 is 6.16 Å².